The van der Waals surface area contributed by atoms with Gasteiger partial charge in [-0.2, -0.15) is 5.26 Å². The summed E-state index contributed by atoms with van der Waals surface area (Å²) in [6.07, 6.45) is -0.937. The summed E-state index contributed by atoms with van der Waals surface area (Å²) < 4.78 is 0. The van der Waals surface area contributed by atoms with Crippen molar-refractivity contribution < 1.29 is 61.5 Å². The van der Waals surface area contributed by atoms with Crippen molar-refractivity contribution in [3.63, 3.8) is 0 Å². The maximum atomic E-state index is 11.1. The van der Waals surface area contributed by atoms with Crippen molar-refractivity contribution in [2.75, 3.05) is 18.0 Å². The van der Waals surface area contributed by atoms with Crippen molar-refractivity contribution in [1.29, 1.82) is 5.26 Å². The average molecular weight is 586 g/mol. The van der Waals surface area contributed by atoms with Gasteiger partial charge in [-0.15, -0.1) is 11.3 Å². The van der Waals surface area contributed by atoms with E-state index >= 15 is 0 Å². The molecule has 1 heterocycles. The van der Waals surface area contributed by atoms with Crippen LogP contribution in [-0.4, -0.2) is 150 Å². The number of hydrogen-bond acceptors (Lipinski definition) is 11. The molecular weight excluding hydrogens is 571 g/mol. The fraction of sp³-hybridized carbons (Fsp3) is 0.250. The van der Waals surface area contributed by atoms with Crippen LogP contribution >= 0.6 is 11.3 Å². The van der Waals surface area contributed by atoms with Crippen LogP contribution in [0.25, 0.3) is 0 Å². The van der Waals surface area contributed by atoms with Crippen LogP contribution < -0.4 is 25.3 Å². The average Bonchev–Trinajstić information content (AvgIpc) is 2.74. The molecule has 0 radical (unpaired) electrons. The second-order valence-electron chi connectivity index (χ2n) is 4.14. The molecule has 0 aromatic carbocycles. The van der Waals surface area contributed by atoms with Gasteiger partial charge >= 0.3 is 91.0 Å². The molecule has 8 N–H and O–H groups in total. The van der Waals surface area contributed by atoms with Crippen molar-refractivity contribution in [2.24, 2.45) is 0 Å². The third-order valence-electron chi connectivity index (χ3n) is 2.53. The maximum absolute atomic E-state index is 11.1. The largest absolute Gasteiger partial charge is 2.00 e. The van der Waals surface area contributed by atoms with Gasteiger partial charge in [0, 0.05) is 12.4 Å². The van der Waals surface area contributed by atoms with Crippen LogP contribution in [0, 0.1) is 11.3 Å². The first-order valence-electron chi connectivity index (χ1n) is 5.79. The Labute approximate surface area is 241 Å². The molecule has 1 aromatic heterocycles. The zero-order valence-electron chi connectivity index (χ0n) is 14.6. The molecule has 0 saturated heterocycles. The predicted octanol–water partition coefficient (Wildman–Crippen LogP) is -9.48. The van der Waals surface area contributed by atoms with E-state index in [1.165, 1.54) is 6.07 Å². The number of carbonyl (C=O) groups excluding carboxylic acids is 4. The minimum Gasteiger partial charge on any atom is -0.550 e. The smallest absolute Gasteiger partial charge is 0.550 e. The quantitative estimate of drug-likeness (QED) is 0.259. The first-order chi connectivity index (χ1) is 10.7. The van der Waals surface area contributed by atoms with Gasteiger partial charge in [-0.25, -0.2) is 0 Å². The number of carboxylic acid groups (broad SMARTS) is 4. The van der Waals surface area contributed by atoms with Crippen molar-refractivity contribution >= 4 is 131 Å². The van der Waals surface area contributed by atoms with E-state index in [1.54, 1.807) is 0 Å². The molecule has 29 heavy (non-hydrogen) atoms. The van der Waals surface area contributed by atoms with Gasteiger partial charge in [0.2, 0.25) is 0 Å². The zero-order chi connectivity index (χ0) is 17.7. The molecule has 0 atom stereocenters. The number of thiophene rings is 1. The molecule has 154 valence electrons. The van der Waals surface area contributed by atoms with Crippen LogP contribution in [0.2, 0.25) is 0 Å². The first kappa shape index (κ1) is 42.7. The Morgan fingerprint density at radius 2 is 1.28 bits per heavy atom. The molecule has 0 saturated carbocycles. The monoisotopic (exact) mass is 586 g/mol. The van der Waals surface area contributed by atoms with E-state index in [-0.39, 0.29) is 118 Å². The van der Waals surface area contributed by atoms with Gasteiger partial charge in [-0.1, -0.05) is 0 Å². The van der Waals surface area contributed by atoms with Gasteiger partial charge in [0.1, 0.15) is 11.1 Å². The molecule has 17 heteroatoms. The molecule has 0 aliphatic carbocycles. The predicted molar refractivity (Wildman–Crippen MR) is 90.3 cm³/mol. The Morgan fingerprint density at radius 3 is 1.55 bits per heavy atom. The number of nitrogens with zero attached hydrogens (tertiary/aromatic N) is 2. The fourth-order valence-corrected chi connectivity index (χ4v) is 2.88. The third kappa shape index (κ3) is 12.8. The van der Waals surface area contributed by atoms with Crippen LogP contribution in [0.4, 0.5) is 5.00 Å². The number of anilines is 1. The number of hydrogen-bond donors (Lipinski definition) is 0. The van der Waals surface area contributed by atoms with E-state index in [0.717, 1.165) is 0 Å². The van der Waals surface area contributed by atoms with Gasteiger partial charge in [-0.3, -0.25) is 0 Å². The zero-order valence-corrected chi connectivity index (χ0v) is 22.4. The number of carbonyl (C=O) groups is 4. The summed E-state index contributed by atoms with van der Waals surface area (Å²) in [5, 5.41) is 51.9. The molecule has 1 rings (SSSR count). The van der Waals surface area contributed by atoms with Crippen LogP contribution in [0.1, 0.15) is 20.8 Å². The van der Waals surface area contributed by atoms with E-state index < -0.39 is 59.4 Å². The van der Waals surface area contributed by atoms with Crippen LogP contribution in [0.15, 0.2) is 0 Å². The van der Waals surface area contributed by atoms with E-state index in [0.29, 0.717) is 16.2 Å². The van der Waals surface area contributed by atoms with E-state index in [1.807, 2.05) is 0 Å². The second-order valence-corrected chi connectivity index (χ2v) is 5.14. The molecule has 14 nitrogen and oxygen atoms in total. The molecular formula is C12H14N2O12SSr2. The molecule has 0 aliphatic rings. The minimum absolute atomic E-state index is 0. The van der Waals surface area contributed by atoms with E-state index in [4.69, 9.17) is 5.26 Å². The Bertz CT molecular complexity index is 717. The topological polar surface area (TPSA) is 314 Å². The van der Waals surface area contributed by atoms with Gasteiger partial charge in [-0.05, 0) is 5.56 Å². The summed E-state index contributed by atoms with van der Waals surface area (Å²) in [6.45, 7) is -1.94. The van der Waals surface area contributed by atoms with Crippen molar-refractivity contribution in [3.05, 3.63) is 16.0 Å². The summed E-state index contributed by atoms with van der Waals surface area (Å²) in [6, 6.07) is 1.53. The Hall–Kier alpha value is -0.329. The summed E-state index contributed by atoms with van der Waals surface area (Å²) in [5.74, 6) is -6.87. The summed E-state index contributed by atoms with van der Waals surface area (Å²) in [7, 11) is 0. The van der Waals surface area contributed by atoms with Gasteiger partial charge in [0.25, 0.3) is 0 Å². The molecule has 0 fully saturated rings. The molecule has 0 unspecified atom stereocenters. The van der Waals surface area contributed by atoms with Crippen LogP contribution in [0.5, 0.6) is 0 Å². The van der Waals surface area contributed by atoms with Gasteiger partial charge < -0.3 is 66.4 Å². The minimum atomic E-state index is -1.80. The van der Waals surface area contributed by atoms with Gasteiger partial charge in [0.15, 0.2) is 0 Å². The Kier molecular flexibility index (Phi) is 28.9. The maximum Gasteiger partial charge on any atom is 2.00 e. The number of carboxylic acids is 4. The molecule has 1 aromatic rings. The summed E-state index contributed by atoms with van der Waals surface area (Å²) in [4.78, 5) is 43.1. The Morgan fingerprint density at radius 1 is 0.862 bits per heavy atom. The fourth-order valence-electron chi connectivity index (χ4n) is 1.78. The third-order valence-corrected chi connectivity index (χ3v) is 3.81. The molecule has 0 aliphatic heterocycles. The van der Waals surface area contributed by atoms with Gasteiger partial charge in [0.05, 0.1) is 41.4 Å². The van der Waals surface area contributed by atoms with Crippen molar-refractivity contribution in [3.8, 4) is 6.07 Å². The van der Waals surface area contributed by atoms with Crippen LogP contribution in [-0.2, 0) is 20.8 Å². The first-order valence-corrected chi connectivity index (χ1v) is 6.60. The summed E-state index contributed by atoms with van der Waals surface area (Å²) >= 11 is 0.321. The number of rotatable bonds is 8. The summed E-state index contributed by atoms with van der Waals surface area (Å²) in [5.41, 5.74) is -0.935. The van der Waals surface area contributed by atoms with E-state index in [2.05, 4.69) is 0 Å². The van der Waals surface area contributed by atoms with Crippen molar-refractivity contribution in [1.82, 2.24) is 0 Å². The normalized spacial score (nSPS) is 7.83. The number of nitriles is 1. The number of aliphatic carboxylic acids is 3. The SMILES string of the molecule is N#Cc1c(N(CC(=O)[O-])CC(=O)[O-])sc(C(=O)[O-])c1CC(=O)[O-].O.O.O.O.[Sr+2].[Sr+2]. The second kappa shape index (κ2) is 19.6. The van der Waals surface area contributed by atoms with Crippen LogP contribution in [0.3, 0.4) is 0 Å². The van der Waals surface area contributed by atoms with Crippen molar-refractivity contribution in [2.45, 2.75) is 6.42 Å². The molecule has 0 spiro atoms. The Balaban J connectivity index is -0.000000220. The van der Waals surface area contributed by atoms with E-state index in [9.17, 15) is 39.6 Å². The molecule has 0 amide bonds. The molecule has 0 bridgehead atoms. The standard InChI is InChI=1S/C12H10N2O8S.4H2O.2Sr/c13-2-6-5(1-7(15)16)10(12(21)22)23-11(6)14(3-8(17)18)4-9(19)20;;;;;;/h1,3-4H2,(H,15,16)(H,17,18)(H,19,20)(H,21,22);4*1H2;;/q;;;;;2*+2/p-4. The number of aromatic carboxylic acids is 1.